The zero-order chi connectivity index (χ0) is 31.6. The summed E-state index contributed by atoms with van der Waals surface area (Å²) < 4.78 is 29.7. The van der Waals surface area contributed by atoms with Crippen LogP contribution in [0.4, 0.5) is 8.78 Å². The number of hydrogen-bond acceptors (Lipinski definition) is 5. The van der Waals surface area contributed by atoms with Gasteiger partial charge < -0.3 is 9.80 Å². The molecule has 0 spiro atoms. The lowest BCUT2D eigenvalue weighted by Crippen LogP contribution is -2.64. The van der Waals surface area contributed by atoms with Crippen LogP contribution >= 0.6 is 0 Å². The Hall–Kier alpha value is -3.92. The zero-order valence-corrected chi connectivity index (χ0v) is 25.7. The lowest BCUT2D eigenvalue weighted by molar-refractivity contribution is -0.136. The molecule has 45 heavy (non-hydrogen) atoms. The molecule has 8 rings (SSSR count). The number of amides is 4. The molecule has 4 fully saturated rings. The van der Waals surface area contributed by atoms with Gasteiger partial charge in [-0.2, -0.15) is 0 Å². The number of nitrogens with zero attached hydrogens (tertiary/aromatic N) is 3. The summed E-state index contributed by atoms with van der Waals surface area (Å²) in [4.78, 5) is 56.5. The quantitative estimate of drug-likeness (QED) is 0.493. The monoisotopic (exact) mass is 616 g/mol. The minimum Gasteiger partial charge on any atom is -0.333 e. The number of carbonyl (C=O) groups excluding carboxylic acids is 4. The van der Waals surface area contributed by atoms with Crippen molar-refractivity contribution >= 4 is 29.2 Å². The number of carbonyl (C=O) groups is 4. The Morgan fingerprint density at radius 2 is 1.71 bits per heavy atom. The van der Waals surface area contributed by atoms with Crippen molar-refractivity contribution in [3.05, 3.63) is 75.9 Å². The second-order valence-corrected chi connectivity index (χ2v) is 14.1. The molecule has 1 N–H and O–H groups in total. The number of piperidine rings is 3. The van der Waals surface area contributed by atoms with Crippen molar-refractivity contribution in [3.63, 3.8) is 0 Å². The number of piperazine rings is 1. The normalized spacial score (nSPS) is 26.4. The molecule has 5 aliphatic heterocycles. The van der Waals surface area contributed by atoms with Gasteiger partial charge in [-0.05, 0) is 79.3 Å². The van der Waals surface area contributed by atoms with Gasteiger partial charge in [-0.15, -0.1) is 0 Å². The highest BCUT2D eigenvalue weighted by atomic mass is 19.1. The molecule has 4 amide bonds. The number of rotatable bonds is 5. The fraction of sp³-hybridized carbons (Fsp3) is 0.486. The fourth-order valence-corrected chi connectivity index (χ4v) is 7.99. The van der Waals surface area contributed by atoms with E-state index in [9.17, 15) is 23.6 Å². The van der Waals surface area contributed by atoms with E-state index in [-0.39, 0.29) is 71.2 Å². The number of hydrogen-bond donors (Lipinski definition) is 1. The summed E-state index contributed by atoms with van der Waals surface area (Å²) in [6.45, 7) is 6.45. The Kier molecular flexibility index (Phi) is 7.38. The summed E-state index contributed by atoms with van der Waals surface area (Å²) in [5.41, 5.74) is 4.13. The lowest BCUT2D eigenvalue weighted by Gasteiger charge is -2.52. The van der Waals surface area contributed by atoms with Crippen LogP contribution in [-0.4, -0.2) is 76.1 Å². The standard InChI is InChI=1S/C35H38F2N4O4/c1-35(2)14-13-21(27(15-35)20-3-5-22(36)6-4-20)16-39-17-24-8-7-23(39)18-40(24)34(45)26-10-9-25-28(31(26)37)19-41(33(25)44)29-11-12-30(42)38-32(29)43/h3-6,9-10,23-24,29H,7-8,11-19H2,1-2H3,(H,38,42,43). The SMILES string of the molecule is CC1(C)CCC(CN2CC3CCC2CN3C(=O)c2ccc3c(c2F)CN(C2CCC(=O)NC2=O)C3=O)=C(c2ccc(F)cc2)C1. The van der Waals surface area contributed by atoms with Crippen LogP contribution in [0.1, 0.15) is 90.6 Å². The molecule has 4 saturated heterocycles. The first kappa shape index (κ1) is 29.8. The number of benzene rings is 2. The van der Waals surface area contributed by atoms with E-state index in [1.165, 1.54) is 40.3 Å². The van der Waals surface area contributed by atoms with E-state index < -0.39 is 23.7 Å². The van der Waals surface area contributed by atoms with Crippen molar-refractivity contribution in [2.45, 2.75) is 83.5 Å². The molecule has 2 bridgehead atoms. The molecule has 6 aliphatic rings. The third-order valence-corrected chi connectivity index (χ3v) is 10.6. The molecule has 0 saturated carbocycles. The first-order valence-electron chi connectivity index (χ1n) is 16.0. The third-order valence-electron chi connectivity index (χ3n) is 10.6. The van der Waals surface area contributed by atoms with E-state index in [1.807, 2.05) is 12.1 Å². The molecule has 0 aromatic heterocycles. The van der Waals surface area contributed by atoms with Crippen molar-refractivity contribution in [3.8, 4) is 0 Å². The Morgan fingerprint density at radius 1 is 0.956 bits per heavy atom. The highest BCUT2D eigenvalue weighted by molar-refractivity contribution is 6.06. The highest BCUT2D eigenvalue weighted by Crippen LogP contribution is 2.44. The third kappa shape index (κ3) is 5.37. The van der Waals surface area contributed by atoms with Gasteiger partial charge in [-0.3, -0.25) is 29.4 Å². The van der Waals surface area contributed by atoms with Crippen LogP contribution in [0.2, 0.25) is 0 Å². The van der Waals surface area contributed by atoms with Gasteiger partial charge in [0.25, 0.3) is 11.8 Å². The van der Waals surface area contributed by atoms with Gasteiger partial charge in [0.2, 0.25) is 11.8 Å². The average molecular weight is 617 g/mol. The average Bonchev–Trinajstić information content (AvgIpc) is 3.35. The zero-order valence-electron chi connectivity index (χ0n) is 25.7. The Balaban J connectivity index is 1.08. The summed E-state index contributed by atoms with van der Waals surface area (Å²) in [6, 6.07) is 8.93. The van der Waals surface area contributed by atoms with Gasteiger partial charge in [-0.25, -0.2) is 8.78 Å². The van der Waals surface area contributed by atoms with Gasteiger partial charge in [0.05, 0.1) is 12.1 Å². The predicted molar refractivity (Wildman–Crippen MR) is 163 cm³/mol. The summed E-state index contributed by atoms with van der Waals surface area (Å²) in [5, 5.41) is 2.25. The highest BCUT2D eigenvalue weighted by Gasteiger charge is 2.44. The van der Waals surface area contributed by atoms with E-state index in [0.717, 1.165) is 44.2 Å². The van der Waals surface area contributed by atoms with Crippen LogP contribution < -0.4 is 5.32 Å². The molecule has 0 radical (unpaired) electrons. The number of fused-ring (bicyclic) bond motifs is 4. The predicted octanol–water partition coefficient (Wildman–Crippen LogP) is 4.68. The molecule has 2 aromatic rings. The second-order valence-electron chi connectivity index (χ2n) is 14.1. The van der Waals surface area contributed by atoms with E-state index >= 15 is 4.39 Å². The number of halogens is 2. The number of allylic oxidation sites excluding steroid dienone is 1. The molecule has 236 valence electrons. The molecule has 3 unspecified atom stereocenters. The summed E-state index contributed by atoms with van der Waals surface area (Å²) in [5.74, 6) is -2.74. The topological polar surface area (TPSA) is 90.0 Å². The lowest BCUT2D eigenvalue weighted by atomic mass is 9.72. The Morgan fingerprint density at radius 3 is 2.42 bits per heavy atom. The van der Waals surface area contributed by atoms with Crippen molar-refractivity contribution in [2.75, 3.05) is 19.6 Å². The largest absolute Gasteiger partial charge is 0.333 e. The van der Waals surface area contributed by atoms with Gasteiger partial charge >= 0.3 is 0 Å². The van der Waals surface area contributed by atoms with Crippen LogP contribution in [0.5, 0.6) is 0 Å². The smallest absolute Gasteiger partial charge is 0.257 e. The van der Waals surface area contributed by atoms with E-state index in [1.54, 1.807) is 4.90 Å². The Bertz CT molecular complexity index is 1630. The summed E-state index contributed by atoms with van der Waals surface area (Å²) >= 11 is 0. The molecule has 2 aromatic carbocycles. The van der Waals surface area contributed by atoms with E-state index in [4.69, 9.17) is 0 Å². The minimum absolute atomic E-state index is 0.0494. The maximum Gasteiger partial charge on any atom is 0.257 e. The van der Waals surface area contributed by atoms with Gasteiger partial charge in [-0.1, -0.05) is 31.6 Å². The molecule has 8 nitrogen and oxygen atoms in total. The van der Waals surface area contributed by atoms with E-state index in [0.29, 0.717) is 13.1 Å². The first-order chi connectivity index (χ1) is 21.5. The van der Waals surface area contributed by atoms with Gasteiger partial charge in [0.15, 0.2) is 0 Å². The molecule has 1 aliphatic carbocycles. The van der Waals surface area contributed by atoms with Crippen LogP contribution in [-0.2, 0) is 16.1 Å². The van der Waals surface area contributed by atoms with Crippen LogP contribution in [0.3, 0.4) is 0 Å². The summed E-state index contributed by atoms with van der Waals surface area (Å²) in [7, 11) is 0. The summed E-state index contributed by atoms with van der Waals surface area (Å²) in [6.07, 6.45) is 5.10. The van der Waals surface area contributed by atoms with Gasteiger partial charge in [0, 0.05) is 49.3 Å². The maximum absolute atomic E-state index is 16.0. The van der Waals surface area contributed by atoms with Crippen LogP contribution in [0.15, 0.2) is 42.0 Å². The first-order valence-corrected chi connectivity index (χ1v) is 16.0. The molecule has 3 atom stereocenters. The number of imide groups is 1. The maximum atomic E-state index is 16.0. The molecular formula is C35H38F2N4O4. The van der Waals surface area contributed by atoms with Gasteiger partial charge in [0.1, 0.15) is 17.7 Å². The molecule has 10 heteroatoms. The molecule has 5 heterocycles. The second kappa shape index (κ2) is 11.2. The fourth-order valence-electron chi connectivity index (χ4n) is 7.99. The van der Waals surface area contributed by atoms with Crippen molar-refractivity contribution in [1.29, 1.82) is 0 Å². The molecular weight excluding hydrogens is 578 g/mol. The number of nitrogens with one attached hydrogen (secondary N) is 1. The van der Waals surface area contributed by atoms with Crippen LogP contribution in [0.25, 0.3) is 5.57 Å². The Labute approximate surface area is 261 Å². The van der Waals surface area contributed by atoms with Crippen LogP contribution in [0, 0.1) is 17.0 Å². The van der Waals surface area contributed by atoms with Crippen molar-refractivity contribution in [1.82, 2.24) is 20.0 Å². The van der Waals surface area contributed by atoms with E-state index in [2.05, 4.69) is 24.1 Å². The van der Waals surface area contributed by atoms with Crippen molar-refractivity contribution in [2.24, 2.45) is 5.41 Å². The van der Waals surface area contributed by atoms with Crippen molar-refractivity contribution < 1.29 is 28.0 Å². The minimum atomic E-state index is -0.848.